The molecule has 2 aromatic rings. The van der Waals surface area contributed by atoms with Gasteiger partial charge in [-0.15, -0.1) is 6.58 Å². The van der Waals surface area contributed by atoms with E-state index in [9.17, 15) is 0 Å². The van der Waals surface area contributed by atoms with E-state index < -0.39 is 0 Å². The number of hydrogen-bond acceptors (Lipinski definition) is 1. The van der Waals surface area contributed by atoms with Gasteiger partial charge in [-0.2, -0.15) is 0 Å². The van der Waals surface area contributed by atoms with Crippen LogP contribution in [0.25, 0.3) is 10.8 Å². The van der Waals surface area contributed by atoms with Crippen LogP contribution in [0, 0.1) is 6.92 Å². The molecule has 2 aromatic carbocycles. The number of fused-ring (bicyclic) bond motifs is 1. The molecule has 0 atom stereocenters. The highest BCUT2D eigenvalue weighted by atomic mass is 14.5. The molecular formula is C16H19N. The number of nitrogen functional groups attached to an aromatic ring is 1. The van der Waals surface area contributed by atoms with Crippen LogP contribution in [0.2, 0.25) is 0 Å². The number of hydrogen-bond donors (Lipinski definition) is 1. The van der Waals surface area contributed by atoms with Crippen molar-refractivity contribution >= 4 is 16.5 Å². The van der Waals surface area contributed by atoms with E-state index in [1.54, 1.807) is 0 Å². The molecule has 0 bridgehead atoms. The van der Waals surface area contributed by atoms with Gasteiger partial charge >= 0.3 is 0 Å². The van der Waals surface area contributed by atoms with Gasteiger partial charge in [0.15, 0.2) is 0 Å². The summed E-state index contributed by atoms with van der Waals surface area (Å²) in [5.74, 6) is 0. The highest BCUT2D eigenvalue weighted by Crippen LogP contribution is 2.25. The molecule has 0 heterocycles. The lowest BCUT2D eigenvalue weighted by Crippen LogP contribution is -1.91. The molecule has 88 valence electrons. The van der Waals surface area contributed by atoms with E-state index >= 15 is 0 Å². The van der Waals surface area contributed by atoms with E-state index in [2.05, 4.69) is 38.6 Å². The number of benzene rings is 2. The summed E-state index contributed by atoms with van der Waals surface area (Å²) < 4.78 is 0. The van der Waals surface area contributed by atoms with Crippen molar-refractivity contribution in [3.05, 3.63) is 53.6 Å². The standard InChI is InChI=1S/C16H19N/c1-11(2)4-5-13-8-12(3)9-14-10-15(17)6-7-16(13)14/h6-10H,1,4-5,17H2,2-3H3. The third-order valence-corrected chi connectivity index (χ3v) is 3.03. The summed E-state index contributed by atoms with van der Waals surface area (Å²) in [6.45, 7) is 8.18. The number of aryl methyl sites for hydroxylation is 2. The largest absolute Gasteiger partial charge is 0.399 e. The summed E-state index contributed by atoms with van der Waals surface area (Å²) in [5, 5.41) is 2.55. The number of allylic oxidation sites excluding steroid dienone is 1. The Kier molecular flexibility index (Phi) is 3.19. The van der Waals surface area contributed by atoms with Crippen molar-refractivity contribution < 1.29 is 0 Å². The fourth-order valence-corrected chi connectivity index (χ4v) is 2.19. The topological polar surface area (TPSA) is 26.0 Å². The molecule has 0 saturated carbocycles. The third kappa shape index (κ3) is 2.68. The van der Waals surface area contributed by atoms with Crippen LogP contribution in [0.3, 0.4) is 0 Å². The molecule has 2 N–H and O–H groups in total. The molecule has 1 heteroatoms. The fraction of sp³-hybridized carbons (Fsp3) is 0.250. The minimum Gasteiger partial charge on any atom is -0.399 e. The summed E-state index contributed by atoms with van der Waals surface area (Å²) in [5.41, 5.74) is 10.6. The van der Waals surface area contributed by atoms with Gasteiger partial charge in [0, 0.05) is 5.69 Å². The van der Waals surface area contributed by atoms with E-state index in [0.29, 0.717) is 0 Å². The second kappa shape index (κ2) is 4.62. The lowest BCUT2D eigenvalue weighted by Gasteiger charge is -2.09. The lowest BCUT2D eigenvalue weighted by molar-refractivity contribution is 0.952. The van der Waals surface area contributed by atoms with Gasteiger partial charge in [0.2, 0.25) is 0 Å². The predicted molar refractivity (Wildman–Crippen MR) is 76.2 cm³/mol. The maximum absolute atomic E-state index is 5.83. The Bertz CT molecular complexity index is 562. The van der Waals surface area contributed by atoms with Gasteiger partial charge in [-0.3, -0.25) is 0 Å². The minimum atomic E-state index is 0.828. The molecule has 0 radical (unpaired) electrons. The summed E-state index contributed by atoms with van der Waals surface area (Å²) >= 11 is 0. The SMILES string of the molecule is C=C(C)CCc1cc(C)cc2cc(N)ccc12. The molecular weight excluding hydrogens is 206 g/mol. The Morgan fingerprint density at radius 3 is 2.71 bits per heavy atom. The molecule has 0 amide bonds. The fourth-order valence-electron chi connectivity index (χ4n) is 2.19. The van der Waals surface area contributed by atoms with Crippen LogP contribution in [-0.4, -0.2) is 0 Å². The number of anilines is 1. The van der Waals surface area contributed by atoms with Crippen molar-refractivity contribution in [3.63, 3.8) is 0 Å². The first-order valence-corrected chi connectivity index (χ1v) is 5.99. The smallest absolute Gasteiger partial charge is 0.0320 e. The van der Waals surface area contributed by atoms with Crippen molar-refractivity contribution in [1.82, 2.24) is 0 Å². The zero-order valence-electron chi connectivity index (χ0n) is 10.6. The third-order valence-electron chi connectivity index (χ3n) is 3.03. The zero-order valence-corrected chi connectivity index (χ0v) is 10.6. The summed E-state index contributed by atoms with van der Waals surface area (Å²) in [6, 6.07) is 10.6. The second-order valence-corrected chi connectivity index (χ2v) is 4.86. The van der Waals surface area contributed by atoms with E-state index in [-0.39, 0.29) is 0 Å². The first-order valence-electron chi connectivity index (χ1n) is 5.99. The molecule has 0 fully saturated rings. The monoisotopic (exact) mass is 225 g/mol. The van der Waals surface area contributed by atoms with Crippen molar-refractivity contribution in [2.45, 2.75) is 26.7 Å². The summed E-state index contributed by atoms with van der Waals surface area (Å²) in [7, 11) is 0. The Morgan fingerprint density at radius 2 is 2.00 bits per heavy atom. The molecule has 0 spiro atoms. The molecule has 0 aliphatic carbocycles. The average molecular weight is 225 g/mol. The Hall–Kier alpha value is -1.76. The van der Waals surface area contributed by atoms with Gasteiger partial charge < -0.3 is 5.73 Å². The second-order valence-electron chi connectivity index (χ2n) is 4.86. The quantitative estimate of drug-likeness (QED) is 0.613. The predicted octanol–water partition coefficient (Wildman–Crippen LogP) is 4.24. The maximum atomic E-state index is 5.83. The van der Waals surface area contributed by atoms with Gasteiger partial charge in [0.05, 0.1) is 0 Å². The first-order chi connectivity index (χ1) is 8.06. The van der Waals surface area contributed by atoms with Crippen LogP contribution in [-0.2, 0) is 6.42 Å². The van der Waals surface area contributed by atoms with Crippen LogP contribution in [0.15, 0.2) is 42.5 Å². The lowest BCUT2D eigenvalue weighted by atomic mass is 9.96. The highest BCUT2D eigenvalue weighted by Gasteiger charge is 2.03. The average Bonchev–Trinajstić information content (AvgIpc) is 2.24. The van der Waals surface area contributed by atoms with Gasteiger partial charge in [-0.1, -0.05) is 29.3 Å². The van der Waals surface area contributed by atoms with Crippen LogP contribution in [0.4, 0.5) is 5.69 Å². The molecule has 17 heavy (non-hydrogen) atoms. The van der Waals surface area contributed by atoms with Crippen LogP contribution in [0.1, 0.15) is 24.5 Å². The maximum Gasteiger partial charge on any atom is 0.0320 e. The Labute approximate surface area is 103 Å². The van der Waals surface area contributed by atoms with Gasteiger partial charge in [0.1, 0.15) is 0 Å². The van der Waals surface area contributed by atoms with Gasteiger partial charge in [0.25, 0.3) is 0 Å². The van der Waals surface area contributed by atoms with E-state index in [1.807, 2.05) is 12.1 Å². The molecule has 0 aromatic heterocycles. The van der Waals surface area contributed by atoms with Crippen molar-refractivity contribution in [2.24, 2.45) is 0 Å². The van der Waals surface area contributed by atoms with Crippen molar-refractivity contribution in [2.75, 3.05) is 5.73 Å². The number of rotatable bonds is 3. The normalized spacial score (nSPS) is 10.7. The Morgan fingerprint density at radius 1 is 1.24 bits per heavy atom. The van der Waals surface area contributed by atoms with Gasteiger partial charge in [-0.05, 0) is 55.2 Å². The molecule has 0 saturated heterocycles. The highest BCUT2D eigenvalue weighted by molar-refractivity contribution is 5.89. The van der Waals surface area contributed by atoms with Gasteiger partial charge in [-0.25, -0.2) is 0 Å². The molecule has 0 aliphatic heterocycles. The first kappa shape index (κ1) is 11.7. The zero-order chi connectivity index (χ0) is 12.4. The number of nitrogens with two attached hydrogens (primary N) is 1. The summed E-state index contributed by atoms with van der Waals surface area (Å²) in [6.07, 6.45) is 2.10. The van der Waals surface area contributed by atoms with Crippen LogP contribution < -0.4 is 5.73 Å². The van der Waals surface area contributed by atoms with E-state index in [1.165, 1.54) is 27.5 Å². The van der Waals surface area contributed by atoms with Crippen LogP contribution >= 0.6 is 0 Å². The molecule has 1 nitrogen and oxygen atoms in total. The van der Waals surface area contributed by atoms with Crippen LogP contribution in [0.5, 0.6) is 0 Å². The summed E-state index contributed by atoms with van der Waals surface area (Å²) in [4.78, 5) is 0. The van der Waals surface area contributed by atoms with Crippen molar-refractivity contribution in [3.8, 4) is 0 Å². The molecule has 0 unspecified atom stereocenters. The minimum absolute atomic E-state index is 0.828. The molecule has 0 aliphatic rings. The Balaban J connectivity index is 2.50. The van der Waals surface area contributed by atoms with E-state index in [0.717, 1.165) is 18.5 Å². The van der Waals surface area contributed by atoms with Crippen molar-refractivity contribution in [1.29, 1.82) is 0 Å². The molecule has 2 rings (SSSR count). The van der Waals surface area contributed by atoms with E-state index in [4.69, 9.17) is 5.73 Å².